The zero-order valence-corrected chi connectivity index (χ0v) is 16.7. The van der Waals surface area contributed by atoms with Crippen LogP contribution in [0.3, 0.4) is 0 Å². The van der Waals surface area contributed by atoms with Crippen LogP contribution >= 0.6 is 11.8 Å². The summed E-state index contributed by atoms with van der Waals surface area (Å²) in [7, 11) is 0. The van der Waals surface area contributed by atoms with E-state index in [0.29, 0.717) is 6.42 Å². The molecule has 0 spiro atoms. The summed E-state index contributed by atoms with van der Waals surface area (Å²) in [6.45, 7) is 7.70. The van der Waals surface area contributed by atoms with Gasteiger partial charge in [-0.25, -0.2) is 4.79 Å². The second-order valence-corrected chi connectivity index (χ2v) is 7.38. The van der Waals surface area contributed by atoms with Gasteiger partial charge in [-0.3, -0.25) is 4.79 Å². The Morgan fingerprint density at radius 2 is 1.92 bits per heavy atom. The van der Waals surface area contributed by atoms with Gasteiger partial charge in [0.25, 0.3) is 0 Å². The highest BCUT2D eigenvalue weighted by molar-refractivity contribution is 7.98. The highest BCUT2D eigenvalue weighted by atomic mass is 32.2. The summed E-state index contributed by atoms with van der Waals surface area (Å²) in [6.07, 6.45) is 7.47. The molecule has 0 fully saturated rings. The summed E-state index contributed by atoms with van der Waals surface area (Å²) in [6, 6.07) is 7.95. The van der Waals surface area contributed by atoms with E-state index in [0.717, 1.165) is 27.8 Å². The van der Waals surface area contributed by atoms with Gasteiger partial charge >= 0.3 is 5.97 Å². The molecule has 2 atom stereocenters. The van der Waals surface area contributed by atoms with Crippen molar-refractivity contribution in [3.63, 3.8) is 0 Å². The van der Waals surface area contributed by atoms with Gasteiger partial charge in [0.1, 0.15) is 11.6 Å². The lowest BCUT2D eigenvalue weighted by molar-refractivity contribution is -0.150. The van der Waals surface area contributed by atoms with Gasteiger partial charge in [0.05, 0.1) is 0 Å². The SMILES string of the molecule is CCC(=O)C=NOC(=O)C1(c2ccc(SC)cc2)C(C)=CC(C)=CC1C. The Labute approximate surface area is 159 Å². The van der Waals surface area contributed by atoms with Gasteiger partial charge in [0.2, 0.25) is 0 Å². The number of rotatable bonds is 6. The van der Waals surface area contributed by atoms with Crippen molar-refractivity contribution < 1.29 is 14.4 Å². The lowest BCUT2D eigenvalue weighted by Gasteiger charge is -2.38. The Morgan fingerprint density at radius 3 is 2.46 bits per heavy atom. The topological polar surface area (TPSA) is 55.7 Å². The maximum absolute atomic E-state index is 13.1. The van der Waals surface area contributed by atoms with E-state index in [4.69, 9.17) is 4.84 Å². The predicted octanol–water partition coefficient (Wildman–Crippen LogP) is 4.70. The molecule has 0 bridgehead atoms. The van der Waals surface area contributed by atoms with Crippen molar-refractivity contribution in [2.24, 2.45) is 11.1 Å². The molecule has 0 aromatic heterocycles. The first-order valence-corrected chi connectivity index (χ1v) is 9.88. The number of Topliss-reactive ketones (excluding diaryl/α,β-unsaturated/α-hetero) is 1. The third-order valence-corrected chi connectivity index (χ3v) is 5.55. The van der Waals surface area contributed by atoms with Crippen LogP contribution in [0.15, 0.2) is 57.6 Å². The minimum Gasteiger partial charge on any atom is -0.317 e. The van der Waals surface area contributed by atoms with E-state index in [9.17, 15) is 9.59 Å². The quantitative estimate of drug-likeness (QED) is 0.315. The summed E-state index contributed by atoms with van der Waals surface area (Å²) in [4.78, 5) is 30.9. The van der Waals surface area contributed by atoms with Gasteiger partial charge in [-0.2, -0.15) is 0 Å². The molecule has 5 heteroatoms. The summed E-state index contributed by atoms with van der Waals surface area (Å²) in [5.74, 6) is -0.757. The van der Waals surface area contributed by atoms with E-state index in [1.54, 1.807) is 18.7 Å². The molecule has 4 nitrogen and oxygen atoms in total. The molecule has 1 aliphatic rings. The van der Waals surface area contributed by atoms with Crippen molar-refractivity contribution >= 4 is 29.7 Å². The summed E-state index contributed by atoms with van der Waals surface area (Å²) in [5.41, 5.74) is 1.93. The fourth-order valence-electron chi connectivity index (χ4n) is 3.49. The number of nitrogens with zero attached hydrogens (tertiary/aromatic N) is 1. The Bertz CT molecular complexity index is 777. The lowest BCUT2D eigenvalue weighted by atomic mass is 9.63. The normalized spacial score (nSPS) is 22.7. The maximum Gasteiger partial charge on any atom is 0.350 e. The van der Waals surface area contributed by atoms with Crippen molar-refractivity contribution in [1.29, 1.82) is 0 Å². The molecule has 0 N–H and O–H groups in total. The van der Waals surface area contributed by atoms with Crippen LogP contribution in [-0.2, 0) is 19.8 Å². The minimum atomic E-state index is -0.955. The van der Waals surface area contributed by atoms with Crippen LogP contribution in [0.1, 0.15) is 39.7 Å². The maximum atomic E-state index is 13.1. The standard InChI is InChI=1S/C21H25NO3S/c1-6-18(23)13-22-25-20(24)21(15(3)11-14(2)12-16(21)4)17-7-9-19(26-5)10-8-17/h7-13,15H,6H2,1-5H3. The van der Waals surface area contributed by atoms with Crippen molar-refractivity contribution in [2.45, 2.75) is 44.4 Å². The van der Waals surface area contributed by atoms with Gasteiger partial charge in [0.15, 0.2) is 5.78 Å². The van der Waals surface area contributed by atoms with E-state index < -0.39 is 11.4 Å². The molecule has 138 valence electrons. The Morgan fingerprint density at radius 1 is 1.27 bits per heavy atom. The third kappa shape index (κ3) is 3.83. The molecule has 0 aliphatic heterocycles. The van der Waals surface area contributed by atoms with Gasteiger partial charge in [0, 0.05) is 11.3 Å². The molecule has 0 saturated heterocycles. The molecule has 0 amide bonds. The van der Waals surface area contributed by atoms with Crippen molar-refractivity contribution in [2.75, 3.05) is 6.26 Å². The predicted molar refractivity (Wildman–Crippen MR) is 106 cm³/mol. The van der Waals surface area contributed by atoms with E-state index in [1.807, 2.05) is 57.4 Å². The van der Waals surface area contributed by atoms with Crippen LogP contribution < -0.4 is 0 Å². The zero-order valence-electron chi connectivity index (χ0n) is 15.9. The van der Waals surface area contributed by atoms with Crippen molar-refractivity contribution in [1.82, 2.24) is 0 Å². The molecule has 2 rings (SSSR count). The van der Waals surface area contributed by atoms with Crippen LogP contribution in [0.4, 0.5) is 0 Å². The molecule has 0 heterocycles. The van der Waals surface area contributed by atoms with Crippen LogP contribution in [0, 0.1) is 5.92 Å². The average Bonchev–Trinajstić information content (AvgIpc) is 2.61. The highest BCUT2D eigenvalue weighted by Crippen LogP contribution is 2.45. The lowest BCUT2D eigenvalue weighted by Crippen LogP contribution is -2.44. The number of hydrogen-bond donors (Lipinski definition) is 0. The Balaban J connectivity index is 2.49. The van der Waals surface area contributed by atoms with Crippen molar-refractivity contribution in [3.8, 4) is 0 Å². The number of ketones is 1. The fourth-order valence-corrected chi connectivity index (χ4v) is 3.90. The van der Waals surface area contributed by atoms with Crippen LogP contribution in [0.25, 0.3) is 0 Å². The van der Waals surface area contributed by atoms with E-state index in [1.165, 1.54) is 0 Å². The Kier molecular flexibility index (Phi) is 6.59. The number of hydrogen-bond acceptors (Lipinski definition) is 5. The minimum absolute atomic E-state index is 0.0998. The van der Waals surface area contributed by atoms with Crippen LogP contribution in [-0.4, -0.2) is 24.2 Å². The van der Waals surface area contributed by atoms with Gasteiger partial charge in [-0.15, -0.1) is 11.8 Å². The second-order valence-electron chi connectivity index (χ2n) is 6.50. The molecule has 2 unspecified atom stereocenters. The smallest absolute Gasteiger partial charge is 0.317 e. The molecule has 26 heavy (non-hydrogen) atoms. The van der Waals surface area contributed by atoms with E-state index in [2.05, 4.69) is 11.2 Å². The summed E-state index contributed by atoms with van der Waals surface area (Å²) < 4.78 is 0. The molecule has 1 aromatic rings. The first-order chi connectivity index (χ1) is 12.4. The molecule has 1 aliphatic carbocycles. The van der Waals surface area contributed by atoms with Crippen LogP contribution in [0.2, 0.25) is 0 Å². The largest absolute Gasteiger partial charge is 0.350 e. The Hall–Kier alpha value is -2.14. The van der Waals surface area contributed by atoms with Crippen molar-refractivity contribution in [3.05, 3.63) is 53.1 Å². The average molecular weight is 372 g/mol. The number of oxime groups is 1. The summed E-state index contributed by atoms with van der Waals surface area (Å²) >= 11 is 1.65. The first-order valence-electron chi connectivity index (χ1n) is 8.65. The molecule has 0 saturated carbocycles. The van der Waals surface area contributed by atoms with Gasteiger partial charge in [-0.1, -0.05) is 54.4 Å². The molecule has 1 aromatic carbocycles. The number of allylic oxidation sites excluding steroid dienone is 3. The second kappa shape index (κ2) is 8.49. The fraction of sp³-hybridized carbons (Fsp3) is 0.381. The first kappa shape index (κ1) is 20.2. The zero-order chi connectivity index (χ0) is 19.3. The summed E-state index contributed by atoms with van der Waals surface area (Å²) in [5, 5.41) is 3.63. The van der Waals surface area contributed by atoms with Crippen LogP contribution in [0.5, 0.6) is 0 Å². The molecule has 0 radical (unpaired) electrons. The number of benzene rings is 1. The number of thioether (sulfide) groups is 1. The molecular formula is C21H25NO3S. The number of carbonyl (C=O) groups excluding carboxylic acids is 2. The number of carbonyl (C=O) groups is 2. The van der Waals surface area contributed by atoms with E-state index >= 15 is 0 Å². The monoisotopic (exact) mass is 371 g/mol. The van der Waals surface area contributed by atoms with Gasteiger partial charge < -0.3 is 4.84 Å². The third-order valence-electron chi connectivity index (χ3n) is 4.81. The highest BCUT2D eigenvalue weighted by Gasteiger charge is 2.49. The van der Waals surface area contributed by atoms with Gasteiger partial charge in [-0.05, 0) is 43.7 Å². The van der Waals surface area contributed by atoms with E-state index in [-0.39, 0.29) is 11.7 Å². The molecular weight excluding hydrogens is 346 g/mol.